The summed E-state index contributed by atoms with van der Waals surface area (Å²) >= 11 is 0. The van der Waals surface area contributed by atoms with Crippen molar-refractivity contribution in [1.29, 1.82) is 0 Å². The van der Waals surface area contributed by atoms with Crippen molar-refractivity contribution < 1.29 is 4.42 Å². The number of benzene rings is 12. The van der Waals surface area contributed by atoms with Crippen LogP contribution in [0.4, 0.5) is 17.1 Å². The van der Waals surface area contributed by atoms with Crippen LogP contribution in [0.25, 0.3) is 109 Å². The van der Waals surface area contributed by atoms with E-state index in [0.717, 1.165) is 61.1 Å². The molecule has 1 heterocycles. The van der Waals surface area contributed by atoms with E-state index in [9.17, 15) is 0 Å². The van der Waals surface area contributed by atoms with Crippen molar-refractivity contribution in [3.8, 4) is 33.4 Å². The Morgan fingerprint density at radius 1 is 0.281 bits per heavy atom. The predicted molar refractivity (Wildman–Crippen MR) is 272 cm³/mol. The van der Waals surface area contributed by atoms with Crippen molar-refractivity contribution >= 4 is 92.9 Å². The number of fused-ring (bicyclic) bond motifs is 11. The molecule has 0 unspecified atom stereocenters. The molecule has 0 radical (unpaired) electrons. The lowest BCUT2D eigenvalue weighted by atomic mass is 9.93. The van der Waals surface area contributed by atoms with Gasteiger partial charge in [-0.05, 0) is 119 Å². The second-order valence-electron chi connectivity index (χ2n) is 16.8. The molecule has 298 valence electrons. The molecule has 0 fully saturated rings. The van der Waals surface area contributed by atoms with Gasteiger partial charge in [0.25, 0.3) is 0 Å². The highest BCUT2D eigenvalue weighted by atomic mass is 16.3. The highest BCUT2D eigenvalue weighted by Gasteiger charge is 2.22. The second-order valence-corrected chi connectivity index (χ2v) is 16.8. The third-order valence-corrected chi connectivity index (χ3v) is 13.2. The summed E-state index contributed by atoms with van der Waals surface area (Å²) in [5, 5.41) is 14.6. The van der Waals surface area contributed by atoms with Gasteiger partial charge in [-0.1, -0.05) is 194 Å². The zero-order valence-corrected chi connectivity index (χ0v) is 34.9. The molecule has 2 nitrogen and oxygen atoms in total. The van der Waals surface area contributed by atoms with Gasteiger partial charge < -0.3 is 9.32 Å². The number of rotatable bonds is 6. The molecule has 0 saturated heterocycles. The minimum absolute atomic E-state index is 0.878. The van der Waals surface area contributed by atoms with Crippen LogP contribution in [0.15, 0.2) is 241 Å². The van der Waals surface area contributed by atoms with E-state index in [1.54, 1.807) is 0 Å². The van der Waals surface area contributed by atoms with Gasteiger partial charge >= 0.3 is 0 Å². The molecule has 1 aromatic heterocycles. The number of nitrogens with zero attached hydrogens (tertiary/aromatic N) is 1. The summed E-state index contributed by atoms with van der Waals surface area (Å²) in [6.07, 6.45) is 0. The normalized spacial score (nSPS) is 11.8. The van der Waals surface area contributed by atoms with Crippen LogP contribution < -0.4 is 4.90 Å². The third kappa shape index (κ3) is 5.73. The highest BCUT2D eigenvalue weighted by Crippen LogP contribution is 2.47. The van der Waals surface area contributed by atoms with Gasteiger partial charge in [0, 0.05) is 33.1 Å². The van der Waals surface area contributed by atoms with E-state index in [4.69, 9.17) is 4.42 Å². The fraction of sp³-hybridized carbons (Fsp3) is 0. The van der Waals surface area contributed by atoms with Gasteiger partial charge in [-0.2, -0.15) is 0 Å². The molecule has 0 amide bonds. The number of anilines is 3. The molecule has 12 aromatic carbocycles. The minimum Gasteiger partial charge on any atom is -0.455 e. The van der Waals surface area contributed by atoms with Gasteiger partial charge in [-0.3, -0.25) is 0 Å². The molecule has 0 aliphatic rings. The number of furan rings is 1. The van der Waals surface area contributed by atoms with Crippen molar-refractivity contribution in [2.24, 2.45) is 0 Å². The van der Waals surface area contributed by atoms with Crippen LogP contribution in [0, 0.1) is 0 Å². The van der Waals surface area contributed by atoms with E-state index in [2.05, 4.69) is 241 Å². The van der Waals surface area contributed by atoms with E-state index in [0.29, 0.717) is 0 Å². The Hall–Kier alpha value is -8.46. The maximum atomic E-state index is 6.72. The Balaban J connectivity index is 1.01. The topological polar surface area (TPSA) is 16.4 Å². The Morgan fingerprint density at radius 2 is 0.797 bits per heavy atom. The largest absolute Gasteiger partial charge is 0.455 e. The van der Waals surface area contributed by atoms with Crippen molar-refractivity contribution in [1.82, 2.24) is 0 Å². The quantitative estimate of drug-likeness (QED) is 0.156. The summed E-state index contributed by atoms with van der Waals surface area (Å²) in [4.78, 5) is 2.43. The van der Waals surface area contributed by atoms with E-state index in [1.165, 1.54) is 65.2 Å². The first kappa shape index (κ1) is 36.2. The molecule has 0 N–H and O–H groups in total. The van der Waals surface area contributed by atoms with E-state index < -0.39 is 0 Å². The van der Waals surface area contributed by atoms with Crippen LogP contribution in [-0.4, -0.2) is 0 Å². The van der Waals surface area contributed by atoms with E-state index in [1.807, 2.05) is 0 Å². The Kier molecular flexibility index (Phi) is 8.25. The van der Waals surface area contributed by atoms with Gasteiger partial charge in [0.1, 0.15) is 11.2 Å². The van der Waals surface area contributed by atoms with Crippen LogP contribution in [-0.2, 0) is 0 Å². The molecule has 0 aliphatic carbocycles. The summed E-state index contributed by atoms with van der Waals surface area (Å²) in [7, 11) is 0. The van der Waals surface area contributed by atoms with Gasteiger partial charge in [-0.15, -0.1) is 0 Å². The van der Waals surface area contributed by atoms with Crippen molar-refractivity contribution in [2.75, 3.05) is 4.90 Å². The number of hydrogen-bond donors (Lipinski definition) is 0. The maximum Gasteiger partial charge on any atom is 0.143 e. The minimum atomic E-state index is 0.878. The molecular weight excluding hydrogens is 775 g/mol. The van der Waals surface area contributed by atoms with E-state index >= 15 is 0 Å². The lowest BCUT2D eigenvalue weighted by Crippen LogP contribution is -2.11. The van der Waals surface area contributed by atoms with E-state index in [-0.39, 0.29) is 0 Å². The lowest BCUT2D eigenvalue weighted by Gasteiger charge is -2.29. The smallest absolute Gasteiger partial charge is 0.143 e. The summed E-state index contributed by atoms with van der Waals surface area (Å²) in [5.74, 6) is 0. The Morgan fingerprint density at radius 3 is 1.50 bits per heavy atom. The molecular formula is C62H39NO. The second kappa shape index (κ2) is 14.6. The standard InChI is InChI=1S/C62H39NO/c1-4-18-47-40(13-1)31-36-54-49(22-10-24-52(47)54)43-29-34-45(35-30-43)63(46-17-9-16-44(39-46)50-23-11-25-53-48-19-5-2-14-41(48)32-37-55(50)53)59-27-8-7-21-56(59)57-26-12-28-60-61(57)58-38-33-42-15-3-6-20-51(42)62(58)64-60/h1-39H. The molecule has 0 spiro atoms. The van der Waals surface area contributed by atoms with Crippen molar-refractivity contribution in [3.63, 3.8) is 0 Å². The van der Waals surface area contributed by atoms with Crippen LogP contribution in [0.1, 0.15) is 0 Å². The molecule has 13 rings (SSSR count). The molecule has 0 aliphatic heterocycles. The molecule has 2 heteroatoms. The SMILES string of the molecule is c1cc(-c2cccc3c2ccc2ccccc23)cc(N(c2ccc(-c3cccc4c3ccc3ccccc34)cc2)c2ccccc2-c2cccc3oc4c5ccccc5ccc4c23)c1. The average Bonchev–Trinajstić information content (AvgIpc) is 3.76. The monoisotopic (exact) mass is 813 g/mol. The Labute approximate surface area is 370 Å². The number of hydrogen-bond acceptors (Lipinski definition) is 2. The van der Waals surface area contributed by atoms with Crippen molar-refractivity contribution in [3.05, 3.63) is 237 Å². The van der Waals surface area contributed by atoms with Gasteiger partial charge in [0.15, 0.2) is 0 Å². The summed E-state index contributed by atoms with van der Waals surface area (Å²) in [6, 6.07) is 86.1. The molecule has 0 atom stereocenters. The molecule has 0 saturated carbocycles. The molecule has 64 heavy (non-hydrogen) atoms. The first-order valence-corrected chi connectivity index (χ1v) is 22.0. The van der Waals surface area contributed by atoms with Crippen LogP contribution in [0.3, 0.4) is 0 Å². The first-order valence-electron chi connectivity index (χ1n) is 22.0. The zero-order valence-electron chi connectivity index (χ0n) is 34.9. The zero-order chi connectivity index (χ0) is 42.1. The predicted octanol–water partition coefficient (Wildman–Crippen LogP) is 17.8. The third-order valence-electron chi connectivity index (χ3n) is 13.2. The van der Waals surface area contributed by atoms with Crippen LogP contribution in [0.5, 0.6) is 0 Å². The highest BCUT2D eigenvalue weighted by molar-refractivity contribution is 6.20. The Bertz CT molecular complexity index is 3970. The first-order chi connectivity index (χ1) is 31.7. The van der Waals surface area contributed by atoms with Crippen LogP contribution in [0.2, 0.25) is 0 Å². The average molecular weight is 814 g/mol. The van der Waals surface area contributed by atoms with Gasteiger partial charge in [0.2, 0.25) is 0 Å². The summed E-state index contributed by atoms with van der Waals surface area (Å²) in [6.45, 7) is 0. The molecule has 13 aromatic rings. The maximum absolute atomic E-state index is 6.72. The fourth-order valence-corrected chi connectivity index (χ4v) is 10.3. The van der Waals surface area contributed by atoms with Crippen molar-refractivity contribution in [2.45, 2.75) is 0 Å². The lowest BCUT2D eigenvalue weighted by molar-refractivity contribution is 0.673. The van der Waals surface area contributed by atoms with Crippen LogP contribution >= 0.6 is 0 Å². The number of para-hydroxylation sites is 1. The van der Waals surface area contributed by atoms with Gasteiger partial charge in [0.05, 0.1) is 5.69 Å². The molecule has 0 bridgehead atoms. The van der Waals surface area contributed by atoms with Gasteiger partial charge in [-0.25, -0.2) is 0 Å². The summed E-state index contributed by atoms with van der Waals surface area (Å²) < 4.78 is 6.72. The fourth-order valence-electron chi connectivity index (χ4n) is 10.3. The summed E-state index contributed by atoms with van der Waals surface area (Å²) in [5.41, 5.74) is 12.0.